The number of nitrogens with zero attached hydrogens (tertiary/aromatic N) is 3. The summed E-state index contributed by atoms with van der Waals surface area (Å²) in [5, 5.41) is 8.82. The van der Waals surface area contributed by atoms with Crippen molar-refractivity contribution in [3.8, 4) is 6.07 Å². The van der Waals surface area contributed by atoms with Crippen LogP contribution in [0.2, 0.25) is 0 Å². The Morgan fingerprint density at radius 1 is 1.25 bits per heavy atom. The zero-order valence-electron chi connectivity index (χ0n) is 11.4. The van der Waals surface area contributed by atoms with Gasteiger partial charge in [0.25, 0.3) is 0 Å². The number of hydrogen-bond acceptors (Lipinski definition) is 3. The first-order chi connectivity index (χ1) is 9.70. The molecule has 1 heterocycles. The molecule has 2 aromatic rings. The van der Waals surface area contributed by atoms with Crippen LogP contribution in [0.5, 0.6) is 0 Å². The Morgan fingerprint density at radius 2 is 2.10 bits per heavy atom. The zero-order chi connectivity index (χ0) is 14.4. The van der Waals surface area contributed by atoms with Gasteiger partial charge in [0, 0.05) is 37.0 Å². The van der Waals surface area contributed by atoms with Crippen molar-refractivity contribution >= 4 is 0 Å². The number of pyridine rings is 1. The highest BCUT2D eigenvalue weighted by Gasteiger charge is 2.09. The van der Waals surface area contributed by atoms with Gasteiger partial charge in [-0.15, -0.1) is 0 Å². The number of aromatic nitrogens is 1. The average Bonchev–Trinajstić information content (AvgIpc) is 2.48. The van der Waals surface area contributed by atoms with Crippen LogP contribution in [0, 0.1) is 17.1 Å². The summed E-state index contributed by atoms with van der Waals surface area (Å²) < 4.78 is 13.9. The van der Waals surface area contributed by atoms with Crippen LogP contribution < -0.4 is 0 Å². The summed E-state index contributed by atoms with van der Waals surface area (Å²) in [5.74, 6) is -0.417. The fourth-order valence-electron chi connectivity index (χ4n) is 2.01. The Kier molecular flexibility index (Phi) is 4.80. The van der Waals surface area contributed by atoms with Crippen LogP contribution >= 0.6 is 0 Å². The average molecular weight is 269 g/mol. The molecule has 0 spiro atoms. The largest absolute Gasteiger partial charge is 0.302 e. The maximum atomic E-state index is 13.9. The molecule has 0 radical (unpaired) electrons. The second kappa shape index (κ2) is 6.78. The van der Waals surface area contributed by atoms with Crippen molar-refractivity contribution in [2.24, 2.45) is 0 Å². The molecule has 0 unspecified atom stereocenters. The predicted molar refractivity (Wildman–Crippen MR) is 75.4 cm³/mol. The second-order valence-electron chi connectivity index (χ2n) is 4.70. The molecule has 0 aliphatic carbocycles. The molecule has 3 nitrogen and oxygen atoms in total. The van der Waals surface area contributed by atoms with Gasteiger partial charge in [-0.25, -0.2) is 4.39 Å². The Hall–Kier alpha value is -2.25. The quantitative estimate of drug-likeness (QED) is 0.838. The van der Waals surface area contributed by atoms with E-state index in [0.29, 0.717) is 12.1 Å². The highest BCUT2D eigenvalue weighted by atomic mass is 19.1. The highest BCUT2D eigenvalue weighted by molar-refractivity contribution is 5.34. The summed E-state index contributed by atoms with van der Waals surface area (Å²) in [7, 11) is 1.93. The smallest absolute Gasteiger partial charge is 0.145 e. The third-order valence-corrected chi connectivity index (χ3v) is 3.12. The van der Waals surface area contributed by atoms with Crippen molar-refractivity contribution in [1.29, 1.82) is 5.26 Å². The zero-order valence-corrected chi connectivity index (χ0v) is 11.4. The minimum atomic E-state index is -0.417. The highest BCUT2D eigenvalue weighted by Crippen LogP contribution is 2.14. The summed E-state index contributed by atoms with van der Waals surface area (Å²) in [5.41, 5.74) is 1.67. The van der Waals surface area contributed by atoms with Gasteiger partial charge in [-0.2, -0.15) is 5.26 Å². The lowest BCUT2D eigenvalue weighted by Crippen LogP contribution is -2.21. The van der Waals surface area contributed by atoms with Gasteiger partial charge in [0.1, 0.15) is 11.9 Å². The molecule has 1 aromatic heterocycles. The molecule has 0 amide bonds. The normalized spacial score (nSPS) is 10.5. The molecular formula is C16H16FN3. The van der Waals surface area contributed by atoms with E-state index in [0.717, 1.165) is 18.7 Å². The lowest BCUT2D eigenvalue weighted by Gasteiger charge is -2.17. The number of halogens is 1. The van der Waals surface area contributed by atoms with Crippen molar-refractivity contribution in [2.75, 3.05) is 13.6 Å². The first-order valence-electron chi connectivity index (χ1n) is 6.46. The predicted octanol–water partition coefficient (Wildman–Crippen LogP) is 2.77. The van der Waals surface area contributed by atoms with Gasteiger partial charge in [-0.1, -0.05) is 18.2 Å². The lowest BCUT2D eigenvalue weighted by molar-refractivity contribution is 0.324. The summed E-state index contributed by atoms with van der Waals surface area (Å²) in [4.78, 5) is 6.28. The monoisotopic (exact) mass is 269 g/mol. The molecule has 0 saturated heterocycles. The maximum absolute atomic E-state index is 13.9. The third-order valence-electron chi connectivity index (χ3n) is 3.12. The number of nitriles is 1. The number of benzene rings is 1. The molecule has 0 aliphatic rings. The molecule has 0 N–H and O–H groups in total. The van der Waals surface area contributed by atoms with Crippen LogP contribution in [0.4, 0.5) is 4.39 Å². The maximum Gasteiger partial charge on any atom is 0.145 e. The number of hydrogen-bond donors (Lipinski definition) is 0. The lowest BCUT2D eigenvalue weighted by atomic mass is 10.1. The van der Waals surface area contributed by atoms with Gasteiger partial charge in [0.2, 0.25) is 0 Å². The number of likely N-dealkylation sites (N-methyl/N-ethyl adjacent to an activating group) is 1. The Bertz CT molecular complexity index is 605. The van der Waals surface area contributed by atoms with E-state index in [-0.39, 0.29) is 5.56 Å². The summed E-state index contributed by atoms with van der Waals surface area (Å²) in [6.45, 7) is 1.27. The van der Waals surface area contributed by atoms with Crippen LogP contribution in [0.1, 0.15) is 16.8 Å². The van der Waals surface area contributed by atoms with Gasteiger partial charge in [-0.05, 0) is 25.2 Å². The van der Waals surface area contributed by atoms with Gasteiger partial charge < -0.3 is 4.90 Å². The van der Waals surface area contributed by atoms with E-state index in [1.165, 1.54) is 6.07 Å². The molecule has 0 aliphatic heterocycles. The van der Waals surface area contributed by atoms with Crippen molar-refractivity contribution in [1.82, 2.24) is 9.88 Å². The fourth-order valence-corrected chi connectivity index (χ4v) is 2.01. The van der Waals surface area contributed by atoms with Crippen molar-refractivity contribution < 1.29 is 4.39 Å². The minimum Gasteiger partial charge on any atom is -0.302 e. The first-order valence-corrected chi connectivity index (χ1v) is 6.46. The van der Waals surface area contributed by atoms with E-state index >= 15 is 0 Å². The van der Waals surface area contributed by atoms with E-state index in [1.54, 1.807) is 18.3 Å². The Balaban J connectivity index is 1.95. The SMILES string of the molecule is CN(CCc1ccccn1)Cc1cccc(C#N)c1F. The number of rotatable bonds is 5. The standard InChI is InChI=1S/C16H16FN3/c1-20(10-8-15-7-2-3-9-19-15)12-14-6-4-5-13(11-18)16(14)17/h2-7,9H,8,10,12H2,1H3. The van der Waals surface area contributed by atoms with Crippen LogP contribution in [-0.2, 0) is 13.0 Å². The van der Waals surface area contributed by atoms with Crippen LogP contribution in [-0.4, -0.2) is 23.5 Å². The molecule has 0 saturated carbocycles. The van der Waals surface area contributed by atoms with E-state index in [1.807, 2.05) is 36.2 Å². The van der Waals surface area contributed by atoms with Crippen LogP contribution in [0.25, 0.3) is 0 Å². The molecule has 4 heteroatoms. The van der Waals surface area contributed by atoms with Crippen LogP contribution in [0.15, 0.2) is 42.6 Å². The fraction of sp³-hybridized carbons (Fsp3) is 0.250. The molecule has 0 bridgehead atoms. The van der Waals surface area contributed by atoms with Crippen molar-refractivity contribution in [3.63, 3.8) is 0 Å². The summed E-state index contributed by atoms with van der Waals surface area (Å²) in [6, 6.07) is 12.6. The molecule has 2 rings (SSSR count). The summed E-state index contributed by atoms with van der Waals surface area (Å²) >= 11 is 0. The first kappa shape index (κ1) is 14.2. The molecule has 20 heavy (non-hydrogen) atoms. The van der Waals surface area contributed by atoms with Gasteiger partial charge >= 0.3 is 0 Å². The van der Waals surface area contributed by atoms with Gasteiger partial charge in [0.05, 0.1) is 5.56 Å². The molecular weight excluding hydrogens is 253 g/mol. The van der Waals surface area contributed by atoms with E-state index in [2.05, 4.69) is 4.98 Å². The molecule has 102 valence electrons. The van der Waals surface area contributed by atoms with Gasteiger partial charge in [0.15, 0.2) is 0 Å². The van der Waals surface area contributed by atoms with Crippen LogP contribution in [0.3, 0.4) is 0 Å². The Morgan fingerprint density at radius 3 is 2.80 bits per heavy atom. The minimum absolute atomic E-state index is 0.0978. The van der Waals surface area contributed by atoms with E-state index < -0.39 is 5.82 Å². The van der Waals surface area contributed by atoms with Gasteiger partial charge in [-0.3, -0.25) is 4.98 Å². The molecule has 0 fully saturated rings. The third kappa shape index (κ3) is 3.62. The second-order valence-corrected chi connectivity index (χ2v) is 4.70. The molecule has 1 aromatic carbocycles. The molecule has 0 atom stereocenters. The Labute approximate surface area is 118 Å². The van der Waals surface area contributed by atoms with Crippen molar-refractivity contribution in [2.45, 2.75) is 13.0 Å². The van der Waals surface area contributed by atoms with Crippen molar-refractivity contribution in [3.05, 3.63) is 65.2 Å². The van der Waals surface area contributed by atoms with E-state index in [9.17, 15) is 4.39 Å². The summed E-state index contributed by atoms with van der Waals surface area (Å²) in [6.07, 6.45) is 2.59. The topological polar surface area (TPSA) is 39.9 Å². The van der Waals surface area contributed by atoms with E-state index in [4.69, 9.17) is 5.26 Å².